The number of carbonyl (C=O) groups is 1. The van der Waals surface area contributed by atoms with Crippen LogP contribution in [0.25, 0.3) is 5.69 Å². The molecule has 0 aliphatic heterocycles. The van der Waals surface area contributed by atoms with E-state index in [0.29, 0.717) is 21.4 Å². The van der Waals surface area contributed by atoms with Crippen LogP contribution < -0.4 is 5.32 Å². The zero-order chi connectivity index (χ0) is 16.2. The van der Waals surface area contributed by atoms with Crippen molar-refractivity contribution in [2.24, 2.45) is 0 Å². The number of nitrogens with one attached hydrogen (secondary N) is 1. The number of para-hydroxylation sites is 1. The van der Waals surface area contributed by atoms with Gasteiger partial charge in [0.15, 0.2) is 0 Å². The summed E-state index contributed by atoms with van der Waals surface area (Å²) in [6.07, 6.45) is 2.91. The van der Waals surface area contributed by atoms with E-state index in [1.807, 2.05) is 19.1 Å². The number of nitrogens with zero attached hydrogens (tertiary/aromatic N) is 5. The molecule has 9 heteroatoms. The Bertz CT molecular complexity index is 801. The highest BCUT2D eigenvalue weighted by atomic mass is 32.1. The molecule has 1 unspecified atom stereocenters. The summed E-state index contributed by atoms with van der Waals surface area (Å²) < 4.78 is 6.86. The number of hydrogen-bond donors (Lipinski definition) is 1. The molecule has 3 rings (SSSR count). The fourth-order valence-corrected chi connectivity index (χ4v) is 2.70. The Kier molecular flexibility index (Phi) is 4.40. The molecule has 2 heterocycles. The van der Waals surface area contributed by atoms with Gasteiger partial charge >= 0.3 is 0 Å². The summed E-state index contributed by atoms with van der Waals surface area (Å²) in [7, 11) is 1.60. The van der Waals surface area contributed by atoms with E-state index >= 15 is 0 Å². The van der Waals surface area contributed by atoms with Gasteiger partial charge in [-0.05, 0) is 19.1 Å². The Morgan fingerprint density at radius 1 is 1.26 bits per heavy atom. The van der Waals surface area contributed by atoms with E-state index < -0.39 is 0 Å². The van der Waals surface area contributed by atoms with Crippen LogP contribution in [0.15, 0.2) is 36.9 Å². The van der Waals surface area contributed by atoms with Crippen molar-refractivity contribution in [1.82, 2.24) is 25.0 Å². The lowest BCUT2D eigenvalue weighted by atomic mass is 10.1. The largest absolute Gasteiger partial charge is 0.374 e. The first-order chi connectivity index (χ1) is 11.2. The van der Waals surface area contributed by atoms with Crippen molar-refractivity contribution >= 4 is 22.4 Å². The lowest BCUT2D eigenvalue weighted by Gasteiger charge is -2.08. The monoisotopic (exact) mass is 330 g/mol. The van der Waals surface area contributed by atoms with E-state index in [-0.39, 0.29) is 12.0 Å². The number of amides is 1. The van der Waals surface area contributed by atoms with Crippen molar-refractivity contribution in [3.8, 4) is 5.69 Å². The van der Waals surface area contributed by atoms with Crippen LogP contribution in [0.1, 0.15) is 28.4 Å². The Hall–Kier alpha value is -2.65. The highest BCUT2D eigenvalue weighted by Gasteiger charge is 2.16. The molecule has 0 spiro atoms. The molecule has 0 aliphatic rings. The Morgan fingerprint density at radius 3 is 2.74 bits per heavy atom. The third-order valence-corrected chi connectivity index (χ3v) is 4.21. The van der Waals surface area contributed by atoms with Crippen LogP contribution in [0, 0.1) is 0 Å². The molecule has 23 heavy (non-hydrogen) atoms. The summed E-state index contributed by atoms with van der Waals surface area (Å²) in [6.45, 7) is 1.87. The number of ether oxygens (including phenoxy) is 1. The number of methoxy groups -OCH3 is 1. The molecule has 1 atom stereocenters. The molecule has 2 aromatic heterocycles. The minimum absolute atomic E-state index is 0.164. The maximum atomic E-state index is 12.5. The average Bonchev–Trinajstić information content (AvgIpc) is 3.26. The topological polar surface area (TPSA) is 94.8 Å². The van der Waals surface area contributed by atoms with E-state index in [1.165, 1.54) is 24.0 Å². The summed E-state index contributed by atoms with van der Waals surface area (Å²) in [4.78, 5) is 12.5. The van der Waals surface area contributed by atoms with E-state index in [0.717, 1.165) is 0 Å². The SMILES string of the molecule is COC(C)c1nnc(NC(=O)c2ccccc2-n2cnnc2)s1. The Balaban J connectivity index is 1.83. The van der Waals surface area contributed by atoms with Crippen molar-refractivity contribution in [3.05, 3.63) is 47.5 Å². The van der Waals surface area contributed by atoms with Crippen LogP contribution in [-0.2, 0) is 4.74 Å². The Labute approximate surface area is 136 Å². The van der Waals surface area contributed by atoms with Gasteiger partial charge in [-0.3, -0.25) is 14.7 Å². The van der Waals surface area contributed by atoms with E-state index in [9.17, 15) is 4.79 Å². The molecule has 3 aromatic rings. The second-order valence-electron chi connectivity index (χ2n) is 4.66. The summed E-state index contributed by atoms with van der Waals surface area (Å²) >= 11 is 1.28. The van der Waals surface area contributed by atoms with Gasteiger partial charge in [-0.1, -0.05) is 23.5 Å². The van der Waals surface area contributed by atoms with Crippen LogP contribution in [0.3, 0.4) is 0 Å². The number of hydrogen-bond acceptors (Lipinski definition) is 7. The van der Waals surface area contributed by atoms with Gasteiger partial charge in [0.2, 0.25) is 5.13 Å². The highest BCUT2D eigenvalue weighted by molar-refractivity contribution is 7.15. The molecule has 0 saturated heterocycles. The molecule has 1 aromatic carbocycles. The molecule has 0 fully saturated rings. The van der Waals surface area contributed by atoms with Crippen LogP contribution in [0.4, 0.5) is 5.13 Å². The normalized spacial score (nSPS) is 12.1. The molecule has 1 amide bonds. The van der Waals surface area contributed by atoms with Gasteiger partial charge in [-0.25, -0.2) is 0 Å². The van der Waals surface area contributed by atoms with Gasteiger partial charge in [0, 0.05) is 7.11 Å². The number of carbonyl (C=O) groups excluding carboxylic acids is 1. The molecule has 0 aliphatic carbocycles. The Morgan fingerprint density at radius 2 is 2.00 bits per heavy atom. The third-order valence-electron chi connectivity index (χ3n) is 3.21. The fraction of sp³-hybridized carbons (Fsp3) is 0.214. The highest BCUT2D eigenvalue weighted by Crippen LogP contribution is 2.24. The molecule has 0 radical (unpaired) electrons. The predicted octanol–water partition coefficient (Wildman–Crippen LogP) is 2.08. The maximum Gasteiger partial charge on any atom is 0.259 e. The summed E-state index contributed by atoms with van der Waals surface area (Å²) in [6, 6.07) is 7.18. The number of rotatable bonds is 5. The average molecular weight is 330 g/mol. The number of benzene rings is 1. The minimum atomic E-state index is -0.276. The van der Waals surface area contributed by atoms with Gasteiger partial charge in [-0.2, -0.15) is 0 Å². The second kappa shape index (κ2) is 6.63. The van der Waals surface area contributed by atoms with Gasteiger partial charge in [0.1, 0.15) is 23.8 Å². The van der Waals surface area contributed by atoms with Crippen molar-refractivity contribution in [2.45, 2.75) is 13.0 Å². The molecular weight excluding hydrogens is 316 g/mol. The van der Waals surface area contributed by atoms with E-state index in [4.69, 9.17) is 4.74 Å². The van der Waals surface area contributed by atoms with Crippen LogP contribution >= 0.6 is 11.3 Å². The van der Waals surface area contributed by atoms with Crippen molar-refractivity contribution in [1.29, 1.82) is 0 Å². The lowest BCUT2D eigenvalue weighted by Crippen LogP contribution is -2.14. The standard InChI is InChI=1S/C14H14N6O2S/c1-9(22-2)13-18-19-14(23-13)17-12(21)10-5-3-4-6-11(10)20-7-15-16-8-20/h3-9H,1-2H3,(H,17,19,21). The van der Waals surface area contributed by atoms with Gasteiger partial charge < -0.3 is 4.74 Å². The first kappa shape index (κ1) is 15.3. The predicted molar refractivity (Wildman–Crippen MR) is 84.6 cm³/mol. The van der Waals surface area contributed by atoms with Gasteiger partial charge in [0.05, 0.1) is 11.3 Å². The smallest absolute Gasteiger partial charge is 0.259 e. The quantitative estimate of drug-likeness (QED) is 0.769. The molecule has 118 valence electrons. The zero-order valence-electron chi connectivity index (χ0n) is 12.5. The summed E-state index contributed by atoms with van der Waals surface area (Å²) in [5.74, 6) is -0.276. The van der Waals surface area contributed by atoms with E-state index in [1.54, 1.807) is 23.8 Å². The van der Waals surface area contributed by atoms with Crippen molar-refractivity contribution in [3.63, 3.8) is 0 Å². The molecule has 0 bridgehead atoms. The number of anilines is 1. The zero-order valence-corrected chi connectivity index (χ0v) is 13.3. The first-order valence-corrected chi connectivity index (χ1v) is 7.62. The van der Waals surface area contributed by atoms with Crippen LogP contribution in [0.5, 0.6) is 0 Å². The van der Waals surface area contributed by atoms with Gasteiger partial charge in [0.25, 0.3) is 5.91 Å². The maximum absolute atomic E-state index is 12.5. The summed E-state index contributed by atoms with van der Waals surface area (Å²) in [5.41, 5.74) is 1.17. The van der Waals surface area contributed by atoms with E-state index in [2.05, 4.69) is 25.7 Å². The van der Waals surface area contributed by atoms with Gasteiger partial charge in [-0.15, -0.1) is 20.4 Å². The third kappa shape index (κ3) is 3.25. The van der Waals surface area contributed by atoms with Crippen LogP contribution in [-0.4, -0.2) is 38.0 Å². The van der Waals surface area contributed by atoms with Crippen molar-refractivity contribution in [2.75, 3.05) is 12.4 Å². The first-order valence-electron chi connectivity index (χ1n) is 6.80. The van der Waals surface area contributed by atoms with Crippen LogP contribution in [0.2, 0.25) is 0 Å². The fourth-order valence-electron chi connectivity index (χ4n) is 1.93. The summed E-state index contributed by atoms with van der Waals surface area (Å²) in [5, 5.41) is 19.4. The lowest BCUT2D eigenvalue weighted by molar-refractivity contribution is 0.102. The second-order valence-corrected chi connectivity index (χ2v) is 5.67. The molecule has 8 nitrogen and oxygen atoms in total. The minimum Gasteiger partial charge on any atom is -0.374 e. The molecule has 1 N–H and O–H groups in total. The molecule has 0 saturated carbocycles. The van der Waals surface area contributed by atoms with Crippen molar-refractivity contribution < 1.29 is 9.53 Å². The number of aromatic nitrogens is 5. The molecular formula is C14H14N6O2S.